The highest BCUT2D eigenvalue weighted by Gasteiger charge is 2.06. The van der Waals surface area contributed by atoms with Crippen molar-refractivity contribution in [3.05, 3.63) is 24.3 Å². The maximum Gasteiger partial charge on any atom is 0.117 e. The molecule has 18 heavy (non-hydrogen) atoms. The fourth-order valence-electron chi connectivity index (χ4n) is 2.09. The molecule has 2 N–H and O–H groups in total. The van der Waals surface area contributed by atoms with Crippen molar-refractivity contribution in [1.82, 2.24) is 0 Å². The monoisotopic (exact) mass is 251 g/mol. The Bertz CT molecular complexity index is 328. The van der Waals surface area contributed by atoms with E-state index in [4.69, 9.17) is 5.11 Å². The van der Waals surface area contributed by atoms with Crippen molar-refractivity contribution in [3.8, 4) is 5.75 Å². The molecule has 0 unspecified atom stereocenters. The van der Waals surface area contributed by atoms with Gasteiger partial charge in [-0.1, -0.05) is 38.7 Å². The Balaban J connectivity index is 2.44. The van der Waals surface area contributed by atoms with Gasteiger partial charge in [0.1, 0.15) is 5.75 Å². The molecule has 0 aliphatic rings. The molecule has 0 radical (unpaired) electrons. The predicted molar refractivity (Wildman–Crippen MR) is 76.2 cm³/mol. The molecule has 0 aromatic heterocycles. The van der Waals surface area contributed by atoms with Crippen LogP contribution in [0.15, 0.2) is 24.3 Å². The summed E-state index contributed by atoms with van der Waals surface area (Å²) >= 11 is 0. The standard InChI is InChI=1S/C15H25NO2/c1-2-3-4-5-6-10-16(11-12-17)14-8-7-9-15(18)13-14/h7-9,13,17-18H,2-6,10-12H2,1H3. The van der Waals surface area contributed by atoms with E-state index in [1.807, 2.05) is 12.1 Å². The van der Waals surface area contributed by atoms with Crippen molar-refractivity contribution in [2.75, 3.05) is 24.6 Å². The Labute approximate surface area is 110 Å². The fraction of sp³-hybridized carbons (Fsp3) is 0.600. The van der Waals surface area contributed by atoms with Crippen molar-refractivity contribution < 1.29 is 10.2 Å². The molecule has 0 spiro atoms. The number of hydrogen-bond donors (Lipinski definition) is 2. The molecule has 3 nitrogen and oxygen atoms in total. The molecule has 1 aromatic carbocycles. The number of rotatable bonds is 9. The summed E-state index contributed by atoms with van der Waals surface area (Å²) in [5.74, 6) is 0.279. The molecule has 0 aliphatic heterocycles. The van der Waals surface area contributed by atoms with Crippen molar-refractivity contribution >= 4 is 5.69 Å². The lowest BCUT2D eigenvalue weighted by atomic mass is 10.1. The smallest absolute Gasteiger partial charge is 0.117 e. The third kappa shape index (κ3) is 5.41. The molecule has 102 valence electrons. The van der Waals surface area contributed by atoms with Gasteiger partial charge in [-0.05, 0) is 18.6 Å². The second kappa shape index (κ2) is 8.81. The van der Waals surface area contributed by atoms with E-state index in [1.165, 1.54) is 25.7 Å². The Morgan fingerprint density at radius 2 is 1.83 bits per heavy atom. The summed E-state index contributed by atoms with van der Waals surface area (Å²) in [6, 6.07) is 7.23. The van der Waals surface area contributed by atoms with Gasteiger partial charge in [0, 0.05) is 24.8 Å². The van der Waals surface area contributed by atoms with Crippen molar-refractivity contribution in [2.45, 2.75) is 39.0 Å². The maximum atomic E-state index is 9.48. The minimum Gasteiger partial charge on any atom is -0.508 e. The Hall–Kier alpha value is -1.22. The molecule has 0 atom stereocenters. The molecule has 1 aromatic rings. The number of phenols is 1. The van der Waals surface area contributed by atoms with E-state index in [9.17, 15) is 5.11 Å². The van der Waals surface area contributed by atoms with Gasteiger partial charge in [-0.2, -0.15) is 0 Å². The van der Waals surface area contributed by atoms with E-state index >= 15 is 0 Å². The zero-order valence-electron chi connectivity index (χ0n) is 11.3. The summed E-state index contributed by atoms with van der Waals surface area (Å²) in [4.78, 5) is 2.13. The van der Waals surface area contributed by atoms with E-state index in [0.717, 1.165) is 18.7 Å². The van der Waals surface area contributed by atoms with Gasteiger partial charge in [0.25, 0.3) is 0 Å². The molecular formula is C15H25NO2. The highest BCUT2D eigenvalue weighted by Crippen LogP contribution is 2.20. The Kier molecular flexibility index (Phi) is 7.26. The second-order valence-electron chi connectivity index (χ2n) is 4.64. The van der Waals surface area contributed by atoms with Crippen LogP contribution in [0.3, 0.4) is 0 Å². The van der Waals surface area contributed by atoms with Crippen molar-refractivity contribution in [3.63, 3.8) is 0 Å². The molecule has 0 saturated carbocycles. The van der Waals surface area contributed by atoms with Crippen LogP contribution in [-0.2, 0) is 0 Å². The average molecular weight is 251 g/mol. The van der Waals surface area contributed by atoms with Crippen molar-refractivity contribution in [2.24, 2.45) is 0 Å². The number of benzene rings is 1. The number of hydrogen-bond acceptors (Lipinski definition) is 3. The largest absolute Gasteiger partial charge is 0.508 e. The first-order chi connectivity index (χ1) is 8.77. The van der Waals surface area contributed by atoms with Gasteiger partial charge >= 0.3 is 0 Å². The van der Waals surface area contributed by atoms with Gasteiger partial charge in [0.2, 0.25) is 0 Å². The molecule has 0 amide bonds. The third-order valence-electron chi connectivity index (χ3n) is 3.10. The lowest BCUT2D eigenvalue weighted by Crippen LogP contribution is -2.27. The minimum absolute atomic E-state index is 0.143. The average Bonchev–Trinajstić information content (AvgIpc) is 2.37. The molecule has 0 heterocycles. The lowest BCUT2D eigenvalue weighted by Gasteiger charge is -2.24. The van der Waals surface area contributed by atoms with E-state index in [-0.39, 0.29) is 12.4 Å². The molecule has 0 saturated heterocycles. The molecule has 0 aliphatic carbocycles. The molecule has 0 bridgehead atoms. The maximum absolute atomic E-state index is 9.48. The van der Waals surface area contributed by atoms with Gasteiger partial charge in [-0.3, -0.25) is 0 Å². The van der Waals surface area contributed by atoms with Crippen LogP contribution < -0.4 is 4.90 Å². The summed E-state index contributed by atoms with van der Waals surface area (Å²) in [6.45, 7) is 3.92. The lowest BCUT2D eigenvalue weighted by molar-refractivity contribution is 0.301. The summed E-state index contributed by atoms with van der Waals surface area (Å²) in [5.41, 5.74) is 0.986. The van der Waals surface area contributed by atoms with E-state index in [1.54, 1.807) is 12.1 Å². The van der Waals surface area contributed by atoms with Gasteiger partial charge in [0.05, 0.1) is 6.61 Å². The fourth-order valence-corrected chi connectivity index (χ4v) is 2.09. The quantitative estimate of drug-likeness (QED) is 0.663. The third-order valence-corrected chi connectivity index (χ3v) is 3.10. The molecule has 0 fully saturated rings. The highest BCUT2D eigenvalue weighted by molar-refractivity contribution is 5.50. The number of aliphatic hydroxyl groups is 1. The van der Waals surface area contributed by atoms with E-state index in [2.05, 4.69) is 11.8 Å². The minimum atomic E-state index is 0.143. The molecule has 1 rings (SSSR count). The van der Waals surface area contributed by atoms with Crippen LogP contribution in [0.1, 0.15) is 39.0 Å². The number of aliphatic hydroxyl groups excluding tert-OH is 1. The van der Waals surface area contributed by atoms with Crippen LogP contribution in [0.2, 0.25) is 0 Å². The van der Waals surface area contributed by atoms with Crippen LogP contribution in [0.5, 0.6) is 5.75 Å². The summed E-state index contributed by atoms with van der Waals surface area (Å²) in [6.07, 6.45) is 6.20. The van der Waals surface area contributed by atoms with Crippen LogP contribution >= 0.6 is 0 Å². The molecule has 3 heteroatoms. The van der Waals surface area contributed by atoms with E-state index < -0.39 is 0 Å². The molecular weight excluding hydrogens is 226 g/mol. The van der Waals surface area contributed by atoms with Crippen LogP contribution in [0.4, 0.5) is 5.69 Å². The highest BCUT2D eigenvalue weighted by atomic mass is 16.3. The number of unbranched alkanes of at least 4 members (excludes halogenated alkanes) is 4. The zero-order valence-corrected chi connectivity index (χ0v) is 11.3. The normalized spacial score (nSPS) is 10.6. The van der Waals surface area contributed by atoms with Crippen LogP contribution in [-0.4, -0.2) is 29.9 Å². The van der Waals surface area contributed by atoms with Gasteiger partial charge in [-0.25, -0.2) is 0 Å². The topological polar surface area (TPSA) is 43.7 Å². The van der Waals surface area contributed by atoms with Crippen LogP contribution in [0.25, 0.3) is 0 Å². The van der Waals surface area contributed by atoms with Gasteiger partial charge in [0.15, 0.2) is 0 Å². The first-order valence-corrected chi connectivity index (χ1v) is 6.92. The number of phenolic OH excluding ortho intramolecular Hbond substituents is 1. The second-order valence-corrected chi connectivity index (χ2v) is 4.64. The summed E-state index contributed by atoms with van der Waals surface area (Å²) in [7, 11) is 0. The number of anilines is 1. The number of nitrogens with zero attached hydrogens (tertiary/aromatic N) is 1. The SMILES string of the molecule is CCCCCCCN(CCO)c1cccc(O)c1. The predicted octanol–water partition coefficient (Wildman–Crippen LogP) is 3.16. The Morgan fingerprint density at radius 1 is 1.06 bits per heavy atom. The first-order valence-electron chi connectivity index (χ1n) is 6.92. The van der Waals surface area contributed by atoms with E-state index in [0.29, 0.717) is 6.54 Å². The summed E-state index contributed by atoms with van der Waals surface area (Å²) in [5, 5.41) is 18.6. The number of aromatic hydroxyl groups is 1. The van der Waals surface area contributed by atoms with Crippen molar-refractivity contribution in [1.29, 1.82) is 0 Å². The van der Waals surface area contributed by atoms with Gasteiger partial charge in [-0.15, -0.1) is 0 Å². The van der Waals surface area contributed by atoms with Gasteiger partial charge < -0.3 is 15.1 Å². The summed E-state index contributed by atoms with van der Waals surface area (Å²) < 4.78 is 0. The van der Waals surface area contributed by atoms with Crippen LogP contribution in [0, 0.1) is 0 Å². The zero-order chi connectivity index (χ0) is 13.2. The Morgan fingerprint density at radius 3 is 2.50 bits per heavy atom. The first kappa shape index (κ1) is 14.8.